The molecule has 0 unspecified atom stereocenters. The van der Waals surface area contributed by atoms with Gasteiger partial charge in [0.05, 0.1) is 19.6 Å². The van der Waals surface area contributed by atoms with E-state index in [0.29, 0.717) is 0 Å². The summed E-state index contributed by atoms with van der Waals surface area (Å²) in [6.07, 6.45) is -0.381. The molecule has 0 spiro atoms. The lowest BCUT2D eigenvalue weighted by Gasteiger charge is -2.57. The molecule has 0 aromatic heterocycles. The standard InChI is InChI=1S/C27H26N2O5/c1-28(34-2)25(32)24-22(18-23(30)31)29(26(24)33)27(19-12-6-3-7-13-19,20-14-8-4-9-15-20)21-16-10-5-11-17-21/h3-17,22,24H,18H2,1-2H3,(H,30,31)/t22-,24+/m0/s1. The van der Waals surface area contributed by atoms with Crippen LogP contribution >= 0.6 is 0 Å². The SMILES string of the molecule is CON(C)C(=O)[C@@H]1C(=O)N(C(c2ccccc2)(c2ccccc2)c2ccccc2)[C@H]1CC(=O)O. The number of carbonyl (C=O) groups is 3. The van der Waals surface area contributed by atoms with Gasteiger partial charge in [0.1, 0.15) is 11.5 Å². The van der Waals surface area contributed by atoms with Gasteiger partial charge in [0, 0.05) is 7.05 Å². The Kier molecular flexibility index (Phi) is 6.47. The van der Waals surface area contributed by atoms with Crippen molar-refractivity contribution >= 4 is 17.8 Å². The lowest BCUT2D eigenvalue weighted by atomic mass is 9.69. The van der Waals surface area contributed by atoms with Crippen molar-refractivity contribution in [1.29, 1.82) is 0 Å². The molecule has 1 N–H and O–H groups in total. The fourth-order valence-electron chi connectivity index (χ4n) is 4.86. The number of carbonyl (C=O) groups excluding carboxylic acids is 2. The second-order valence-electron chi connectivity index (χ2n) is 8.18. The molecule has 0 saturated carbocycles. The summed E-state index contributed by atoms with van der Waals surface area (Å²) in [5.74, 6) is -3.27. The highest BCUT2D eigenvalue weighted by molar-refractivity contribution is 6.06. The van der Waals surface area contributed by atoms with Gasteiger partial charge in [0.2, 0.25) is 5.91 Å². The maximum Gasteiger partial charge on any atom is 0.305 e. The first-order valence-electron chi connectivity index (χ1n) is 11.0. The highest BCUT2D eigenvalue weighted by Crippen LogP contribution is 2.50. The molecule has 174 valence electrons. The van der Waals surface area contributed by atoms with Crippen molar-refractivity contribution in [3.05, 3.63) is 108 Å². The van der Waals surface area contributed by atoms with E-state index in [2.05, 4.69) is 0 Å². The number of benzene rings is 3. The summed E-state index contributed by atoms with van der Waals surface area (Å²) >= 11 is 0. The maximum absolute atomic E-state index is 13.8. The van der Waals surface area contributed by atoms with E-state index in [1.807, 2.05) is 91.0 Å². The zero-order valence-electron chi connectivity index (χ0n) is 19.0. The monoisotopic (exact) mass is 458 g/mol. The van der Waals surface area contributed by atoms with Crippen molar-refractivity contribution in [2.45, 2.75) is 18.0 Å². The van der Waals surface area contributed by atoms with Crippen molar-refractivity contribution in [1.82, 2.24) is 9.96 Å². The first-order valence-corrected chi connectivity index (χ1v) is 11.0. The summed E-state index contributed by atoms with van der Waals surface area (Å²) in [7, 11) is 2.74. The number of hydrogen-bond donors (Lipinski definition) is 1. The molecule has 1 saturated heterocycles. The molecule has 0 radical (unpaired) electrons. The third-order valence-corrected chi connectivity index (χ3v) is 6.39. The van der Waals surface area contributed by atoms with Crippen molar-refractivity contribution in [3.63, 3.8) is 0 Å². The molecule has 1 fully saturated rings. The lowest BCUT2D eigenvalue weighted by Crippen LogP contribution is -2.72. The van der Waals surface area contributed by atoms with Crippen molar-refractivity contribution < 1.29 is 24.3 Å². The Morgan fingerprint density at radius 2 is 1.29 bits per heavy atom. The van der Waals surface area contributed by atoms with Gasteiger partial charge in [-0.15, -0.1) is 0 Å². The number of rotatable bonds is 8. The average Bonchev–Trinajstić information content (AvgIpc) is 2.87. The Bertz CT molecular complexity index is 1070. The number of nitrogens with zero attached hydrogens (tertiary/aromatic N) is 2. The summed E-state index contributed by atoms with van der Waals surface area (Å²) in [5, 5.41) is 10.7. The number of β-lactam (4-membered cyclic amide) rings is 1. The van der Waals surface area contributed by atoms with Crippen LogP contribution in [0.2, 0.25) is 0 Å². The van der Waals surface area contributed by atoms with E-state index in [-0.39, 0.29) is 6.42 Å². The van der Waals surface area contributed by atoms with E-state index in [0.717, 1.165) is 21.8 Å². The van der Waals surface area contributed by atoms with Crippen LogP contribution in [0, 0.1) is 5.92 Å². The average molecular weight is 459 g/mol. The van der Waals surface area contributed by atoms with Crippen LogP contribution in [0.3, 0.4) is 0 Å². The minimum absolute atomic E-state index is 0.381. The van der Waals surface area contributed by atoms with Gasteiger partial charge in [-0.3, -0.25) is 19.2 Å². The molecule has 34 heavy (non-hydrogen) atoms. The molecular weight excluding hydrogens is 432 g/mol. The minimum Gasteiger partial charge on any atom is -0.481 e. The molecule has 7 heteroatoms. The summed E-state index contributed by atoms with van der Waals surface area (Å²) in [6, 6.07) is 27.6. The molecule has 0 bridgehead atoms. The van der Waals surface area contributed by atoms with Gasteiger partial charge >= 0.3 is 5.97 Å². The van der Waals surface area contributed by atoms with E-state index in [9.17, 15) is 19.5 Å². The molecular formula is C27H26N2O5. The number of carboxylic acid groups (broad SMARTS) is 1. The van der Waals surface area contributed by atoms with E-state index in [4.69, 9.17) is 4.84 Å². The Morgan fingerprint density at radius 3 is 1.65 bits per heavy atom. The van der Waals surface area contributed by atoms with Crippen molar-refractivity contribution in [2.24, 2.45) is 5.92 Å². The Hall–Kier alpha value is -3.97. The largest absolute Gasteiger partial charge is 0.481 e. The predicted molar refractivity (Wildman–Crippen MR) is 125 cm³/mol. The Labute approximate surface area is 198 Å². The molecule has 1 heterocycles. The van der Waals surface area contributed by atoms with Crippen LogP contribution in [-0.4, -0.2) is 53.1 Å². The van der Waals surface area contributed by atoms with E-state index >= 15 is 0 Å². The Balaban J connectivity index is 1.99. The molecule has 0 aliphatic carbocycles. The third-order valence-electron chi connectivity index (χ3n) is 6.39. The number of aliphatic carboxylic acids is 1. The van der Waals surface area contributed by atoms with E-state index < -0.39 is 35.3 Å². The van der Waals surface area contributed by atoms with Crippen LogP contribution in [0.25, 0.3) is 0 Å². The maximum atomic E-state index is 13.8. The molecule has 4 rings (SSSR count). The zero-order chi connectivity index (χ0) is 24.3. The topological polar surface area (TPSA) is 87.2 Å². The number of carboxylic acids is 1. The first-order chi connectivity index (χ1) is 16.4. The summed E-state index contributed by atoms with van der Waals surface area (Å²) in [4.78, 5) is 45.3. The van der Waals surface area contributed by atoms with E-state index in [1.54, 1.807) is 4.90 Å². The minimum atomic E-state index is -1.16. The first kappa shape index (κ1) is 23.2. The van der Waals surface area contributed by atoms with Crippen LogP contribution in [-0.2, 0) is 24.8 Å². The van der Waals surface area contributed by atoms with Crippen LogP contribution < -0.4 is 0 Å². The van der Waals surface area contributed by atoms with Crippen LogP contribution in [0.5, 0.6) is 0 Å². The molecule has 1 aliphatic rings. The molecule has 7 nitrogen and oxygen atoms in total. The molecule has 1 aliphatic heterocycles. The number of likely N-dealkylation sites (tertiary alicyclic amines) is 1. The summed E-state index contributed by atoms with van der Waals surface area (Å²) in [5.41, 5.74) is 1.25. The highest BCUT2D eigenvalue weighted by atomic mass is 16.7. The summed E-state index contributed by atoms with van der Waals surface area (Å²) in [6.45, 7) is 0. The van der Waals surface area contributed by atoms with Crippen molar-refractivity contribution in [2.75, 3.05) is 14.2 Å². The molecule has 2 atom stereocenters. The number of amides is 2. The molecule has 3 aromatic carbocycles. The normalized spacial score (nSPS) is 17.7. The number of hydrogen-bond acceptors (Lipinski definition) is 4. The van der Waals surface area contributed by atoms with Gasteiger partial charge < -0.3 is 10.0 Å². The van der Waals surface area contributed by atoms with Crippen molar-refractivity contribution in [3.8, 4) is 0 Å². The quantitative estimate of drug-likeness (QED) is 0.242. The van der Waals surface area contributed by atoms with Gasteiger partial charge in [0.25, 0.3) is 5.91 Å². The summed E-state index contributed by atoms with van der Waals surface area (Å²) < 4.78 is 0. The van der Waals surface area contributed by atoms with E-state index in [1.165, 1.54) is 14.2 Å². The van der Waals surface area contributed by atoms with Crippen LogP contribution in [0.4, 0.5) is 0 Å². The lowest BCUT2D eigenvalue weighted by molar-refractivity contribution is -0.193. The van der Waals surface area contributed by atoms with Crippen LogP contribution in [0.15, 0.2) is 91.0 Å². The van der Waals surface area contributed by atoms with Gasteiger partial charge in [-0.2, -0.15) is 0 Å². The highest BCUT2D eigenvalue weighted by Gasteiger charge is 2.61. The second kappa shape index (κ2) is 9.49. The second-order valence-corrected chi connectivity index (χ2v) is 8.18. The smallest absolute Gasteiger partial charge is 0.305 e. The number of hydroxylamine groups is 2. The zero-order valence-corrected chi connectivity index (χ0v) is 19.0. The molecule has 3 aromatic rings. The van der Waals surface area contributed by atoms with Gasteiger partial charge in [-0.05, 0) is 16.7 Å². The van der Waals surface area contributed by atoms with Gasteiger partial charge in [-0.1, -0.05) is 91.0 Å². The molecule has 2 amide bonds. The fraction of sp³-hybridized carbons (Fsp3) is 0.222. The van der Waals surface area contributed by atoms with Gasteiger partial charge in [-0.25, -0.2) is 5.06 Å². The van der Waals surface area contributed by atoms with Crippen LogP contribution in [0.1, 0.15) is 23.1 Å². The third kappa shape index (κ3) is 3.74. The van der Waals surface area contributed by atoms with Gasteiger partial charge in [0.15, 0.2) is 0 Å². The Morgan fingerprint density at radius 1 is 0.882 bits per heavy atom. The predicted octanol–water partition coefficient (Wildman–Crippen LogP) is 3.30. The fourth-order valence-corrected chi connectivity index (χ4v) is 4.86.